The van der Waals surface area contributed by atoms with Crippen molar-refractivity contribution in [3.05, 3.63) is 137 Å². The van der Waals surface area contributed by atoms with Gasteiger partial charge in [-0.2, -0.15) is 0 Å². The number of benzene rings is 3. The lowest BCUT2D eigenvalue weighted by atomic mass is 9.93. The number of hydrogen-bond donors (Lipinski definition) is 0. The van der Waals surface area contributed by atoms with E-state index in [0.29, 0.717) is 53.5 Å². The van der Waals surface area contributed by atoms with Gasteiger partial charge in [0.15, 0.2) is 4.80 Å². The van der Waals surface area contributed by atoms with E-state index < -0.39 is 12.0 Å². The van der Waals surface area contributed by atoms with Crippen molar-refractivity contribution in [3.63, 3.8) is 0 Å². The SMILES string of the molecule is CCOC(=O)C1=C(c2ccccc2)N=c2s/c(=C\c3ccc(-c4ccc(Cl)cc4Cl)o3)c(=O)n2[C@H]1c1cccc(OC)c1. The van der Waals surface area contributed by atoms with Gasteiger partial charge in [-0.3, -0.25) is 9.36 Å². The third-order valence-electron chi connectivity index (χ3n) is 6.88. The van der Waals surface area contributed by atoms with Crippen LogP contribution >= 0.6 is 34.5 Å². The molecule has 5 aromatic rings. The third kappa shape index (κ3) is 5.57. The Kier molecular flexibility index (Phi) is 8.08. The fourth-order valence-electron chi connectivity index (χ4n) is 4.96. The Morgan fingerprint density at radius 3 is 2.60 bits per heavy atom. The minimum Gasteiger partial charge on any atom is -0.497 e. The van der Waals surface area contributed by atoms with Crippen molar-refractivity contribution in [3.8, 4) is 17.1 Å². The molecule has 0 unspecified atom stereocenters. The van der Waals surface area contributed by atoms with Gasteiger partial charge in [0.2, 0.25) is 0 Å². The van der Waals surface area contributed by atoms with Gasteiger partial charge in [0.05, 0.1) is 40.6 Å². The molecule has 10 heteroatoms. The first kappa shape index (κ1) is 28.7. The van der Waals surface area contributed by atoms with Gasteiger partial charge in [0.1, 0.15) is 17.3 Å². The van der Waals surface area contributed by atoms with Gasteiger partial charge in [-0.25, -0.2) is 9.79 Å². The molecule has 0 amide bonds. The van der Waals surface area contributed by atoms with Crippen molar-refractivity contribution in [1.82, 2.24) is 4.57 Å². The number of rotatable bonds is 7. The lowest BCUT2D eigenvalue weighted by Gasteiger charge is -2.26. The van der Waals surface area contributed by atoms with Crippen LogP contribution < -0.4 is 19.6 Å². The number of aromatic nitrogens is 1. The summed E-state index contributed by atoms with van der Waals surface area (Å²) in [5.74, 6) is 1.02. The van der Waals surface area contributed by atoms with Crippen LogP contribution in [0.15, 0.2) is 105 Å². The molecule has 2 aromatic heterocycles. The number of thiazole rings is 1. The standard InChI is InChI=1S/C33H24Cl2N2O5S/c1-3-41-32(39)28-29(19-8-5-4-6-9-19)36-33-37(30(28)20-10-7-11-22(16-20)40-2)31(38)27(43-33)18-23-13-15-26(42-23)24-14-12-21(34)17-25(24)35/h4-18,30H,3H2,1-2H3/b27-18-/t30-/m0/s1. The van der Waals surface area contributed by atoms with Crippen LogP contribution in [0.1, 0.15) is 29.9 Å². The number of halogens is 2. The van der Waals surface area contributed by atoms with E-state index in [9.17, 15) is 9.59 Å². The Morgan fingerprint density at radius 2 is 1.86 bits per heavy atom. The number of nitrogens with zero attached hydrogens (tertiary/aromatic N) is 2. The third-order valence-corrected chi connectivity index (χ3v) is 8.41. The van der Waals surface area contributed by atoms with Gasteiger partial charge in [0, 0.05) is 22.2 Å². The highest BCUT2D eigenvalue weighted by atomic mass is 35.5. The molecule has 0 saturated carbocycles. The second kappa shape index (κ2) is 12.1. The molecule has 3 aromatic carbocycles. The molecule has 6 rings (SSSR count). The Bertz CT molecular complexity index is 2060. The molecule has 0 aliphatic carbocycles. The van der Waals surface area contributed by atoms with Crippen molar-refractivity contribution in [2.75, 3.05) is 13.7 Å². The molecular weight excluding hydrogens is 607 g/mol. The van der Waals surface area contributed by atoms with Crippen molar-refractivity contribution in [2.24, 2.45) is 4.99 Å². The van der Waals surface area contributed by atoms with E-state index in [4.69, 9.17) is 42.1 Å². The van der Waals surface area contributed by atoms with E-state index in [-0.39, 0.29) is 17.7 Å². The second-order valence-corrected chi connectivity index (χ2v) is 11.4. The average molecular weight is 632 g/mol. The van der Waals surface area contributed by atoms with E-state index in [0.717, 1.165) is 5.56 Å². The summed E-state index contributed by atoms with van der Waals surface area (Å²) in [7, 11) is 1.57. The number of carbonyl (C=O) groups excluding carboxylic acids is 1. The summed E-state index contributed by atoms with van der Waals surface area (Å²) >= 11 is 13.6. The molecule has 1 atom stereocenters. The normalized spacial score (nSPS) is 14.8. The Hall–Kier alpha value is -4.37. The van der Waals surface area contributed by atoms with E-state index in [1.54, 1.807) is 56.5 Å². The molecule has 7 nitrogen and oxygen atoms in total. The molecule has 1 aliphatic rings. The maximum atomic E-state index is 14.1. The van der Waals surface area contributed by atoms with Gasteiger partial charge >= 0.3 is 5.97 Å². The van der Waals surface area contributed by atoms with Gasteiger partial charge in [-0.05, 0) is 55.0 Å². The number of fused-ring (bicyclic) bond motifs is 1. The Labute approximate surface area is 260 Å². The van der Waals surface area contributed by atoms with Crippen molar-refractivity contribution in [1.29, 1.82) is 0 Å². The zero-order valence-corrected chi connectivity index (χ0v) is 25.4. The van der Waals surface area contributed by atoms with Crippen LogP contribution in [-0.4, -0.2) is 24.3 Å². The first-order valence-electron chi connectivity index (χ1n) is 13.4. The lowest BCUT2D eigenvalue weighted by Crippen LogP contribution is -2.40. The van der Waals surface area contributed by atoms with Crippen LogP contribution in [0.2, 0.25) is 10.0 Å². The first-order chi connectivity index (χ1) is 20.9. The largest absolute Gasteiger partial charge is 0.497 e. The smallest absolute Gasteiger partial charge is 0.338 e. The topological polar surface area (TPSA) is 83.0 Å². The maximum absolute atomic E-state index is 14.1. The van der Waals surface area contributed by atoms with Gasteiger partial charge in [-0.1, -0.05) is 77.0 Å². The van der Waals surface area contributed by atoms with Crippen LogP contribution in [0, 0.1) is 0 Å². The average Bonchev–Trinajstić information content (AvgIpc) is 3.60. The highest BCUT2D eigenvalue weighted by Gasteiger charge is 2.35. The number of esters is 1. The summed E-state index contributed by atoms with van der Waals surface area (Å²) in [4.78, 5) is 33.0. The second-order valence-electron chi connectivity index (χ2n) is 9.53. The molecular formula is C33H24Cl2N2O5S. The summed E-state index contributed by atoms with van der Waals surface area (Å²) in [6.07, 6.45) is 1.66. The monoisotopic (exact) mass is 630 g/mol. The van der Waals surface area contributed by atoms with Crippen LogP contribution in [0.4, 0.5) is 0 Å². The fourth-order valence-corrected chi connectivity index (χ4v) is 6.44. The van der Waals surface area contributed by atoms with Crippen LogP contribution in [-0.2, 0) is 9.53 Å². The van der Waals surface area contributed by atoms with Crippen LogP contribution in [0.3, 0.4) is 0 Å². The zero-order valence-electron chi connectivity index (χ0n) is 23.0. The molecule has 0 radical (unpaired) electrons. The molecule has 1 aliphatic heterocycles. The van der Waals surface area contributed by atoms with Crippen molar-refractivity contribution < 1.29 is 18.7 Å². The number of furan rings is 1. The fraction of sp³-hybridized carbons (Fsp3) is 0.121. The van der Waals surface area contributed by atoms with Crippen LogP contribution in [0.25, 0.3) is 23.1 Å². The molecule has 216 valence electrons. The van der Waals surface area contributed by atoms with Gasteiger partial charge in [0.25, 0.3) is 5.56 Å². The van der Waals surface area contributed by atoms with Crippen molar-refractivity contribution in [2.45, 2.75) is 13.0 Å². The summed E-state index contributed by atoms with van der Waals surface area (Å²) in [5, 5.41) is 0.968. The number of hydrogen-bond acceptors (Lipinski definition) is 7. The minimum absolute atomic E-state index is 0.165. The van der Waals surface area contributed by atoms with E-state index in [1.165, 1.54) is 15.9 Å². The van der Waals surface area contributed by atoms with E-state index >= 15 is 0 Å². The van der Waals surface area contributed by atoms with E-state index in [1.807, 2.05) is 48.5 Å². The summed E-state index contributed by atoms with van der Waals surface area (Å²) in [5.41, 5.74) is 2.46. The Balaban J connectivity index is 1.57. The highest BCUT2D eigenvalue weighted by molar-refractivity contribution is 7.07. The van der Waals surface area contributed by atoms with Crippen LogP contribution in [0.5, 0.6) is 5.75 Å². The molecule has 0 N–H and O–H groups in total. The molecule has 0 fully saturated rings. The summed E-state index contributed by atoms with van der Waals surface area (Å²) in [6, 6.07) is 24.5. The van der Waals surface area contributed by atoms with Gasteiger partial charge in [-0.15, -0.1) is 0 Å². The summed E-state index contributed by atoms with van der Waals surface area (Å²) < 4.78 is 19.0. The van der Waals surface area contributed by atoms with Gasteiger partial charge < -0.3 is 13.9 Å². The predicted molar refractivity (Wildman–Crippen MR) is 168 cm³/mol. The Morgan fingerprint density at radius 1 is 1.05 bits per heavy atom. The molecule has 0 spiro atoms. The molecule has 0 bridgehead atoms. The number of carbonyl (C=O) groups is 1. The predicted octanol–water partition coefficient (Wildman–Crippen LogP) is 6.51. The first-order valence-corrected chi connectivity index (χ1v) is 14.9. The molecule has 43 heavy (non-hydrogen) atoms. The number of methoxy groups -OCH3 is 1. The molecule has 3 heterocycles. The van der Waals surface area contributed by atoms with Crippen molar-refractivity contribution >= 4 is 52.3 Å². The summed E-state index contributed by atoms with van der Waals surface area (Å²) in [6.45, 7) is 1.91. The highest BCUT2D eigenvalue weighted by Crippen LogP contribution is 2.36. The molecule has 0 saturated heterocycles. The lowest BCUT2D eigenvalue weighted by molar-refractivity contribution is -0.138. The quantitative estimate of drug-likeness (QED) is 0.191. The zero-order chi connectivity index (χ0) is 30.1. The minimum atomic E-state index is -0.817. The number of ether oxygens (including phenoxy) is 2. The maximum Gasteiger partial charge on any atom is 0.338 e. The van der Waals surface area contributed by atoms with E-state index in [2.05, 4.69) is 0 Å².